The van der Waals surface area contributed by atoms with Crippen LogP contribution in [0.25, 0.3) is 11.0 Å². The summed E-state index contributed by atoms with van der Waals surface area (Å²) in [4.78, 5) is 21.5. The van der Waals surface area contributed by atoms with Crippen LogP contribution >= 0.6 is 0 Å². The average Bonchev–Trinajstić information content (AvgIpc) is 3.12. The molecule has 2 aromatic rings. The van der Waals surface area contributed by atoms with Gasteiger partial charge in [0, 0.05) is 52.0 Å². The Labute approximate surface area is 147 Å². The van der Waals surface area contributed by atoms with Gasteiger partial charge in [-0.25, -0.2) is 4.98 Å². The number of carbonyl (C=O) groups is 1. The molecule has 4 rings (SSSR count). The zero-order valence-electron chi connectivity index (χ0n) is 14.7. The third-order valence-electron chi connectivity index (χ3n) is 5.55. The van der Waals surface area contributed by atoms with E-state index in [1.807, 2.05) is 18.3 Å². The van der Waals surface area contributed by atoms with Crippen molar-refractivity contribution in [2.24, 2.45) is 5.92 Å². The van der Waals surface area contributed by atoms with Gasteiger partial charge in [-0.1, -0.05) is 0 Å². The number of anilines is 1. The maximum atomic E-state index is 12.4. The third-order valence-corrected chi connectivity index (χ3v) is 5.55. The summed E-state index contributed by atoms with van der Waals surface area (Å²) in [6, 6.07) is 4.26. The van der Waals surface area contributed by atoms with Gasteiger partial charge >= 0.3 is 0 Å². The highest BCUT2D eigenvalue weighted by Gasteiger charge is 2.39. The quantitative estimate of drug-likeness (QED) is 0.781. The summed E-state index contributed by atoms with van der Waals surface area (Å²) in [6.07, 6.45) is 7.08. The standard InChI is InChI=1S/C19H25N3O3/c1-24-11-2-9-22-16-6-10-21(13-14(16)3-4-18(22)23)19-15-7-12-25-17(15)5-8-20-19/h5,7-8,12,14,16H,2-4,6,9-11,13H2,1H3/t14-,16+/m0/s1. The summed E-state index contributed by atoms with van der Waals surface area (Å²) in [6.45, 7) is 3.39. The van der Waals surface area contributed by atoms with Crippen LogP contribution in [0.1, 0.15) is 25.7 Å². The van der Waals surface area contributed by atoms with Crippen LogP contribution in [-0.2, 0) is 9.53 Å². The number of hydrogen-bond acceptors (Lipinski definition) is 5. The van der Waals surface area contributed by atoms with E-state index in [9.17, 15) is 4.79 Å². The molecule has 2 atom stereocenters. The van der Waals surface area contributed by atoms with Gasteiger partial charge < -0.3 is 19.0 Å². The molecule has 0 bridgehead atoms. The zero-order chi connectivity index (χ0) is 17.2. The smallest absolute Gasteiger partial charge is 0.222 e. The van der Waals surface area contributed by atoms with Crippen LogP contribution in [0.15, 0.2) is 29.0 Å². The van der Waals surface area contributed by atoms with Gasteiger partial charge in [0.15, 0.2) is 0 Å². The number of hydrogen-bond donors (Lipinski definition) is 0. The summed E-state index contributed by atoms with van der Waals surface area (Å²) < 4.78 is 10.7. The van der Waals surface area contributed by atoms with E-state index in [2.05, 4.69) is 14.8 Å². The zero-order valence-corrected chi connectivity index (χ0v) is 14.7. The summed E-state index contributed by atoms with van der Waals surface area (Å²) >= 11 is 0. The van der Waals surface area contributed by atoms with E-state index in [0.29, 0.717) is 30.9 Å². The molecular formula is C19H25N3O3. The molecule has 6 heteroatoms. The van der Waals surface area contributed by atoms with E-state index in [0.717, 1.165) is 55.7 Å². The normalized spacial score (nSPS) is 24.0. The highest BCUT2D eigenvalue weighted by molar-refractivity contribution is 5.88. The second kappa shape index (κ2) is 7.04. The Bertz CT molecular complexity index is 744. The molecule has 0 saturated carbocycles. The van der Waals surface area contributed by atoms with Gasteiger partial charge in [0.2, 0.25) is 5.91 Å². The van der Waals surface area contributed by atoms with Gasteiger partial charge in [-0.05, 0) is 37.3 Å². The van der Waals surface area contributed by atoms with Gasteiger partial charge in [-0.3, -0.25) is 4.79 Å². The fraction of sp³-hybridized carbons (Fsp3) is 0.579. The molecule has 2 saturated heterocycles. The minimum absolute atomic E-state index is 0.306. The number of rotatable bonds is 5. The number of amides is 1. The number of carbonyl (C=O) groups excluding carboxylic acids is 1. The first-order valence-corrected chi connectivity index (χ1v) is 9.13. The number of nitrogens with zero attached hydrogens (tertiary/aromatic N) is 3. The van der Waals surface area contributed by atoms with Crippen molar-refractivity contribution in [3.05, 3.63) is 24.6 Å². The SMILES string of the molecule is COCCCN1C(=O)CC[C@H]2CN(c3nccc4occc34)CC[C@H]21. The fourth-order valence-corrected chi connectivity index (χ4v) is 4.35. The number of aromatic nitrogens is 1. The van der Waals surface area contributed by atoms with E-state index < -0.39 is 0 Å². The Morgan fingerprint density at radius 3 is 3.16 bits per heavy atom. The maximum absolute atomic E-state index is 12.4. The molecule has 6 nitrogen and oxygen atoms in total. The minimum Gasteiger partial charge on any atom is -0.464 e. The van der Waals surface area contributed by atoms with Crippen molar-refractivity contribution in [3.8, 4) is 0 Å². The Morgan fingerprint density at radius 2 is 2.28 bits per heavy atom. The van der Waals surface area contributed by atoms with Crippen LogP contribution in [0, 0.1) is 5.92 Å². The molecule has 2 fully saturated rings. The first-order chi connectivity index (χ1) is 12.3. The minimum atomic E-state index is 0.306. The molecule has 0 aliphatic carbocycles. The molecule has 134 valence electrons. The highest BCUT2D eigenvalue weighted by Crippen LogP contribution is 2.35. The Kier molecular flexibility index (Phi) is 4.61. The summed E-state index contributed by atoms with van der Waals surface area (Å²) in [5, 5.41) is 1.07. The van der Waals surface area contributed by atoms with Crippen LogP contribution in [-0.4, -0.2) is 55.2 Å². The number of ether oxygens (including phenoxy) is 1. The lowest BCUT2D eigenvalue weighted by atomic mass is 9.83. The molecule has 2 aliphatic rings. The molecule has 0 N–H and O–H groups in total. The molecule has 0 aromatic carbocycles. The van der Waals surface area contributed by atoms with Crippen LogP contribution < -0.4 is 4.90 Å². The third kappa shape index (κ3) is 3.11. The monoisotopic (exact) mass is 343 g/mol. The number of pyridine rings is 1. The molecule has 2 aliphatic heterocycles. The van der Waals surface area contributed by atoms with E-state index in [1.54, 1.807) is 13.4 Å². The van der Waals surface area contributed by atoms with Gasteiger partial charge in [-0.2, -0.15) is 0 Å². The topological polar surface area (TPSA) is 58.8 Å². The van der Waals surface area contributed by atoms with Gasteiger partial charge in [0.1, 0.15) is 11.4 Å². The molecule has 1 amide bonds. The van der Waals surface area contributed by atoms with Crippen molar-refractivity contribution in [2.75, 3.05) is 38.3 Å². The lowest BCUT2D eigenvalue weighted by Crippen LogP contribution is -2.56. The number of likely N-dealkylation sites (tertiary alicyclic amines) is 1. The van der Waals surface area contributed by atoms with Crippen molar-refractivity contribution in [1.82, 2.24) is 9.88 Å². The maximum Gasteiger partial charge on any atom is 0.222 e. The second-order valence-electron chi connectivity index (χ2n) is 7.00. The average molecular weight is 343 g/mol. The van der Waals surface area contributed by atoms with Crippen molar-refractivity contribution in [2.45, 2.75) is 31.7 Å². The van der Waals surface area contributed by atoms with Crippen LogP contribution in [0.5, 0.6) is 0 Å². The van der Waals surface area contributed by atoms with Crippen molar-refractivity contribution >= 4 is 22.7 Å². The van der Waals surface area contributed by atoms with Crippen LogP contribution in [0.2, 0.25) is 0 Å². The number of furan rings is 1. The fourth-order valence-electron chi connectivity index (χ4n) is 4.35. The number of methoxy groups -OCH3 is 1. The number of fused-ring (bicyclic) bond motifs is 2. The highest BCUT2D eigenvalue weighted by atomic mass is 16.5. The van der Waals surface area contributed by atoms with E-state index >= 15 is 0 Å². The lowest BCUT2D eigenvalue weighted by Gasteiger charge is -2.47. The molecule has 2 aromatic heterocycles. The molecule has 25 heavy (non-hydrogen) atoms. The summed E-state index contributed by atoms with van der Waals surface area (Å²) in [5.41, 5.74) is 0.882. The Morgan fingerprint density at radius 1 is 1.36 bits per heavy atom. The molecule has 0 spiro atoms. The van der Waals surface area contributed by atoms with Crippen molar-refractivity contribution in [1.29, 1.82) is 0 Å². The molecule has 0 unspecified atom stereocenters. The number of piperidine rings is 2. The predicted molar refractivity (Wildman–Crippen MR) is 95.6 cm³/mol. The Balaban J connectivity index is 1.50. The van der Waals surface area contributed by atoms with E-state index in [1.165, 1.54) is 0 Å². The first-order valence-electron chi connectivity index (χ1n) is 9.13. The van der Waals surface area contributed by atoms with Crippen LogP contribution in [0.4, 0.5) is 5.82 Å². The Hall–Kier alpha value is -2.08. The van der Waals surface area contributed by atoms with E-state index in [4.69, 9.17) is 9.15 Å². The summed E-state index contributed by atoms with van der Waals surface area (Å²) in [7, 11) is 1.71. The van der Waals surface area contributed by atoms with Crippen LogP contribution in [0.3, 0.4) is 0 Å². The van der Waals surface area contributed by atoms with Gasteiger partial charge in [-0.15, -0.1) is 0 Å². The van der Waals surface area contributed by atoms with Crippen molar-refractivity contribution in [3.63, 3.8) is 0 Å². The molecule has 4 heterocycles. The molecule has 0 radical (unpaired) electrons. The second-order valence-corrected chi connectivity index (χ2v) is 7.00. The van der Waals surface area contributed by atoms with Gasteiger partial charge in [0.25, 0.3) is 0 Å². The predicted octanol–water partition coefficient (Wildman–Crippen LogP) is 2.68. The van der Waals surface area contributed by atoms with E-state index in [-0.39, 0.29) is 0 Å². The van der Waals surface area contributed by atoms with Crippen molar-refractivity contribution < 1.29 is 13.9 Å². The lowest BCUT2D eigenvalue weighted by molar-refractivity contribution is -0.139. The molecular weight excluding hydrogens is 318 g/mol. The van der Waals surface area contributed by atoms with Gasteiger partial charge in [0.05, 0.1) is 11.6 Å². The summed E-state index contributed by atoms with van der Waals surface area (Å²) in [5.74, 6) is 1.83. The largest absolute Gasteiger partial charge is 0.464 e. The first kappa shape index (κ1) is 16.4.